The third-order valence-corrected chi connectivity index (χ3v) is 2.49. The fraction of sp³-hybridized carbons (Fsp3) is 0.0625. The number of nitrogens with two attached hydrogens (primary N) is 1. The highest BCUT2D eigenvalue weighted by atomic mass is 16.5. The number of Topliss-reactive ketones (excluding diaryl/α,β-unsaturated/α-hetero) is 1. The monoisotopic (exact) mass is 284 g/mol. The number of nitrogen functional groups attached to an aromatic ring is 1. The van der Waals surface area contributed by atoms with Gasteiger partial charge in [-0.25, -0.2) is 4.79 Å². The quantitative estimate of drug-likeness (QED) is 0.296. The number of hydrogen-bond donors (Lipinski definition) is 2. The lowest BCUT2D eigenvalue weighted by atomic mass is 10.1. The molecule has 3 N–H and O–H groups in total. The van der Waals surface area contributed by atoms with E-state index in [2.05, 4.69) is 4.74 Å². The number of ketones is 1. The second-order valence-electron chi connectivity index (χ2n) is 3.97. The first-order valence-corrected chi connectivity index (χ1v) is 6.13. The molecule has 0 amide bonds. The summed E-state index contributed by atoms with van der Waals surface area (Å²) in [5.74, 6) is -1.32. The largest absolute Gasteiger partial charge is 0.463 e. The van der Waals surface area contributed by atoms with Crippen LogP contribution in [0.25, 0.3) is 0 Å². The number of esters is 1. The molecule has 0 aliphatic rings. The van der Waals surface area contributed by atoms with Crippen LogP contribution in [0, 0.1) is 5.41 Å². The molecule has 0 aliphatic heterocycles. The molecular weight excluding hydrogens is 268 g/mol. The Hall–Kier alpha value is -2.95. The van der Waals surface area contributed by atoms with E-state index in [1.165, 1.54) is 7.11 Å². The number of carbonyl (C=O) groups is 2. The number of hydrogen-bond acceptors (Lipinski definition) is 4. The maximum atomic E-state index is 11.1. The van der Waals surface area contributed by atoms with Gasteiger partial charge in [-0.05, 0) is 0 Å². The summed E-state index contributed by atoms with van der Waals surface area (Å²) in [6.45, 7) is 0. The number of rotatable bonds is 3. The number of methoxy groups -OCH3 is 1. The zero-order valence-electron chi connectivity index (χ0n) is 11.6. The predicted molar refractivity (Wildman–Crippen MR) is 80.2 cm³/mol. The first kappa shape index (κ1) is 16.1. The molecule has 0 saturated heterocycles. The van der Waals surface area contributed by atoms with Gasteiger partial charge >= 0.3 is 5.97 Å². The Morgan fingerprint density at radius 3 is 1.67 bits per heavy atom. The Bertz CT molecular complexity index is 610. The molecule has 0 radical (unpaired) electrons. The molecule has 21 heavy (non-hydrogen) atoms. The maximum absolute atomic E-state index is 11.1. The summed E-state index contributed by atoms with van der Waals surface area (Å²) >= 11 is 0. The van der Waals surface area contributed by atoms with E-state index < -0.39 is 11.8 Å². The maximum Gasteiger partial charge on any atom is 0.379 e. The van der Waals surface area contributed by atoms with Gasteiger partial charge in [-0.3, -0.25) is 10.2 Å². The van der Waals surface area contributed by atoms with Gasteiger partial charge in [0, 0.05) is 11.1 Å². The lowest BCUT2D eigenvalue weighted by Crippen LogP contribution is -2.15. The Kier molecular flexibility index (Phi) is 6.34. The fourth-order valence-corrected chi connectivity index (χ4v) is 1.42. The minimum Gasteiger partial charge on any atom is -0.463 e. The summed E-state index contributed by atoms with van der Waals surface area (Å²) in [6, 6.07) is 17.5. The summed E-state index contributed by atoms with van der Waals surface area (Å²) in [4.78, 5) is 21.8. The van der Waals surface area contributed by atoms with Crippen molar-refractivity contribution in [1.82, 2.24) is 0 Å². The van der Waals surface area contributed by atoms with E-state index in [1.807, 2.05) is 30.3 Å². The molecular formula is C16H16N2O3. The van der Waals surface area contributed by atoms with Crippen molar-refractivity contribution in [1.29, 1.82) is 5.41 Å². The van der Waals surface area contributed by atoms with Gasteiger partial charge in [-0.1, -0.05) is 60.7 Å². The van der Waals surface area contributed by atoms with Crippen molar-refractivity contribution in [2.75, 3.05) is 7.11 Å². The average molecular weight is 284 g/mol. The van der Waals surface area contributed by atoms with Gasteiger partial charge in [0.25, 0.3) is 5.78 Å². The topological polar surface area (TPSA) is 93.2 Å². The molecule has 0 fully saturated rings. The van der Waals surface area contributed by atoms with Crippen LogP contribution >= 0.6 is 0 Å². The summed E-state index contributed by atoms with van der Waals surface area (Å²) in [5, 5.41) is 7.01. The number of benzene rings is 2. The SMILES string of the molecule is COC(=O)C(=O)c1ccccc1.N=C(N)c1ccccc1. The van der Waals surface area contributed by atoms with Crippen molar-refractivity contribution in [2.24, 2.45) is 5.73 Å². The van der Waals surface area contributed by atoms with Crippen molar-refractivity contribution in [3.8, 4) is 0 Å². The molecule has 0 aliphatic carbocycles. The van der Waals surface area contributed by atoms with E-state index in [9.17, 15) is 9.59 Å². The Balaban J connectivity index is 0.000000219. The highest BCUT2D eigenvalue weighted by Gasteiger charge is 2.15. The second kappa shape index (κ2) is 8.27. The second-order valence-corrected chi connectivity index (χ2v) is 3.97. The van der Waals surface area contributed by atoms with Crippen LogP contribution in [0.2, 0.25) is 0 Å². The van der Waals surface area contributed by atoms with E-state index in [4.69, 9.17) is 11.1 Å². The van der Waals surface area contributed by atoms with E-state index in [1.54, 1.807) is 30.3 Å². The third kappa shape index (κ3) is 5.28. The number of carbonyl (C=O) groups excluding carboxylic acids is 2. The number of nitrogens with one attached hydrogen (secondary N) is 1. The summed E-state index contributed by atoms with van der Waals surface area (Å²) in [6.07, 6.45) is 0. The third-order valence-electron chi connectivity index (χ3n) is 2.49. The van der Waals surface area contributed by atoms with Gasteiger partial charge in [0.05, 0.1) is 7.11 Å². The van der Waals surface area contributed by atoms with Gasteiger partial charge in [-0.2, -0.15) is 0 Å². The van der Waals surface area contributed by atoms with Crippen molar-refractivity contribution < 1.29 is 14.3 Å². The molecule has 108 valence electrons. The van der Waals surface area contributed by atoms with E-state index in [-0.39, 0.29) is 5.84 Å². The van der Waals surface area contributed by atoms with Crippen molar-refractivity contribution in [3.05, 3.63) is 71.8 Å². The van der Waals surface area contributed by atoms with Crippen LogP contribution in [0.3, 0.4) is 0 Å². The fourth-order valence-electron chi connectivity index (χ4n) is 1.42. The van der Waals surface area contributed by atoms with E-state index in [0.717, 1.165) is 5.56 Å². The van der Waals surface area contributed by atoms with Crippen LogP contribution < -0.4 is 5.73 Å². The van der Waals surface area contributed by atoms with Crippen molar-refractivity contribution in [3.63, 3.8) is 0 Å². The molecule has 0 bridgehead atoms. The minimum absolute atomic E-state index is 0.121. The molecule has 0 unspecified atom stereocenters. The molecule has 5 nitrogen and oxygen atoms in total. The van der Waals surface area contributed by atoms with Gasteiger partial charge in [0.15, 0.2) is 0 Å². The van der Waals surface area contributed by atoms with Crippen LogP contribution in [0.15, 0.2) is 60.7 Å². The van der Waals surface area contributed by atoms with E-state index in [0.29, 0.717) is 5.56 Å². The Morgan fingerprint density at radius 1 is 0.905 bits per heavy atom. The molecule has 0 atom stereocenters. The van der Waals surface area contributed by atoms with E-state index >= 15 is 0 Å². The van der Waals surface area contributed by atoms with Crippen LogP contribution in [-0.2, 0) is 9.53 Å². The zero-order chi connectivity index (χ0) is 15.7. The van der Waals surface area contributed by atoms with Crippen LogP contribution in [0.4, 0.5) is 0 Å². The lowest BCUT2D eigenvalue weighted by Gasteiger charge is -1.96. The van der Waals surface area contributed by atoms with Gasteiger partial charge in [-0.15, -0.1) is 0 Å². The first-order valence-electron chi connectivity index (χ1n) is 6.13. The van der Waals surface area contributed by atoms with Gasteiger partial charge in [0.1, 0.15) is 5.84 Å². The summed E-state index contributed by atoms with van der Waals surface area (Å²) in [7, 11) is 1.18. The van der Waals surface area contributed by atoms with Crippen molar-refractivity contribution >= 4 is 17.6 Å². The lowest BCUT2D eigenvalue weighted by molar-refractivity contribution is -0.135. The molecule has 0 saturated carbocycles. The normalized spacial score (nSPS) is 9.00. The van der Waals surface area contributed by atoms with Crippen molar-refractivity contribution in [2.45, 2.75) is 0 Å². The number of amidine groups is 1. The summed E-state index contributed by atoms with van der Waals surface area (Å²) in [5.41, 5.74) is 6.32. The number of ether oxygens (including phenoxy) is 1. The van der Waals surface area contributed by atoms with Gasteiger partial charge < -0.3 is 10.5 Å². The molecule has 2 rings (SSSR count). The minimum atomic E-state index is -0.832. The molecule has 2 aromatic rings. The molecule has 2 aromatic carbocycles. The zero-order valence-corrected chi connectivity index (χ0v) is 11.6. The molecule has 0 heterocycles. The summed E-state index contributed by atoms with van der Waals surface area (Å²) < 4.78 is 4.28. The Labute approximate surface area is 122 Å². The highest BCUT2D eigenvalue weighted by molar-refractivity contribution is 6.40. The smallest absolute Gasteiger partial charge is 0.379 e. The predicted octanol–water partition coefficient (Wildman–Crippen LogP) is 2.01. The van der Waals surface area contributed by atoms with Crippen LogP contribution in [0.5, 0.6) is 0 Å². The highest BCUT2D eigenvalue weighted by Crippen LogP contribution is 2.00. The Morgan fingerprint density at radius 2 is 1.33 bits per heavy atom. The van der Waals surface area contributed by atoms with Crippen LogP contribution in [-0.4, -0.2) is 24.7 Å². The average Bonchev–Trinajstić information content (AvgIpc) is 2.55. The standard InChI is InChI=1S/C9H8O3.C7H8N2/c1-12-9(11)8(10)7-5-3-2-4-6-7;8-7(9)6-4-2-1-3-5-6/h2-6H,1H3;1-5H,(H3,8,9). The first-order chi connectivity index (χ1) is 10.1. The molecule has 0 spiro atoms. The van der Waals surface area contributed by atoms with Gasteiger partial charge in [0.2, 0.25) is 0 Å². The molecule has 0 aromatic heterocycles. The molecule has 5 heteroatoms. The van der Waals surface area contributed by atoms with Crippen LogP contribution in [0.1, 0.15) is 15.9 Å².